The van der Waals surface area contributed by atoms with Gasteiger partial charge in [-0.25, -0.2) is 8.42 Å². The molecule has 0 bridgehead atoms. The van der Waals surface area contributed by atoms with Crippen molar-refractivity contribution in [3.05, 3.63) is 53.4 Å². The van der Waals surface area contributed by atoms with Crippen LogP contribution in [0.25, 0.3) is 0 Å². The molecule has 1 aromatic heterocycles. The Morgan fingerprint density at radius 1 is 1.20 bits per heavy atom. The van der Waals surface area contributed by atoms with Crippen LogP contribution < -0.4 is 5.32 Å². The van der Waals surface area contributed by atoms with Gasteiger partial charge in [0.2, 0.25) is 10.0 Å². The molecule has 1 saturated carbocycles. The van der Waals surface area contributed by atoms with Gasteiger partial charge in [0, 0.05) is 43.2 Å². The normalized spacial score (nSPS) is 23.5. The maximum absolute atomic E-state index is 13.4. The number of nitrogens with zero attached hydrogens (tertiary/aromatic N) is 3. The molecule has 4 rings (SSSR count). The number of nitrogens with one attached hydrogen (secondary N) is 1. The number of aromatic nitrogens is 1. The minimum Gasteiger partial charge on any atom is -0.360 e. The summed E-state index contributed by atoms with van der Waals surface area (Å²) in [5.41, 5.74) is 1.56. The Bertz CT molecular complexity index is 1080. The Morgan fingerprint density at radius 3 is 2.63 bits per heavy atom. The van der Waals surface area contributed by atoms with Gasteiger partial charge in [-0.2, -0.15) is 4.31 Å². The first-order valence-corrected chi connectivity index (χ1v) is 14.4. The van der Waals surface area contributed by atoms with Gasteiger partial charge in [0.05, 0.1) is 5.75 Å². The van der Waals surface area contributed by atoms with Crippen LogP contribution in [-0.2, 0) is 16.4 Å². The summed E-state index contributed by atoms with van der Waals surface area (Å²) in [7, 11) is -1.45. The van der Waals surface area contributed by atoms with E-state index in [-0.39, 0.29) is 29.8 Å². The van der Waals surface area contributed by atoms with E-state index in [1.807, 2.05) is 39.1 Å². The largest absolute Gasteiger partial charge is 0.360 e. The number of hydrogen-bond acceptors (Lipinski definition) is 6. The lowest BCUT2D eigenvalue weighted by atomic mass is 9.93. The molecule has 9 heteroatoms. The van der Waals surface area contributed by atoms with Crippen LogP contribution in [0, 0.1) is 0 Å². The maximum Gasteiger partial charge on any atom is 0.273 e. The smallest absolute Gasteiger partial charge is 0.273 e. The second kappa shape index (κ2) is 11.2. The average molecular weight is 503 g/mol. The number of hydrogen-bond donors (Lipinski definition) is 1. The van der Waals surface area contributed by atoms with E-state index < -0.39 is 10.0 Å². The highest BCUT2D eigenvalue weighted by Gasteiger charge is 2.40. The standard InChI is InChI=1S/C26H38N4O4S/c1-4-23-17-22(27-26(31)24-18-25(34-28-24)21-10-11-21)16-19(2)30(23)35(32,33)15-14-29(3)13-12-20-8-6-5-7-9-20/h5-9,18-19,21-23H,4,10-17H2,1-3H3,(H,27,31)/t19-,22+,23+/m1/s1. The average Bonchev–Trinajstić information content (AvgIpc) is 3.57. The summed E-state index contributed by atoms with van der Waals surface area (Å²) < 4.78 is 33.7. The molecule has 2 aromatic rings. The van der Waals surface area contributed by atoms with E-state index in [2.05, 4.69) is 27.5 Å². The molecule has 0 spiro atoms. The van der Waals surface area contributed by atoms with Gasteiger partial charge in [0.15, 0.2) is 5.69 Å². The van der Waals surface area contributed by atoms with Crippen LogP contribution in [0.3, 0.4) is 0 Å². The molecule has 1 aliphatic heterocycles. The van der Waals surface area contributed by atoms with Gasteiger partial charge in [-0.05, 0) is 58.1 Å². The fourth-order valence-corrected chi connectivity index (χ4v) is 7.12. The third-order valence-electron chi connectivity index (χ3n) is 7.20. The maximum atomic E-state index is 13.4. The van der Waals surface area contributed by atoms with Crippen LogP contribution in [0.4, 0.5) is 0 Å². The van der Waals surface area contributed by atoms with Crippen molar-refractivity contribution in [1.82, 2.24) is 19.7 Å². The zero-order chi connectivity index (χ0) is 25.0. The van der Waals surface area contributed by atoms with Crippen molar-refractivity contribution in [2.75, 3.05) is 25.9 Å². The third kappa shape index (κ3) is 6.71. The van der Waals surface area contributed by atoms with Crippen molar-refractivity contribution in [2.45, 2.75) is 76.4 Å². The van der Waals surface area contributed by atoms with E-state index in [0.717, 1.165) is 31.6 Å². The van der Waals surface area contributed by atoms with Gasteiger partial charge in [0.1, 0.15) is 5.76 Å². The summed E-state index contributed by atoms with van der Waals surface area (Å²) in [6, 6.07) is 11.6. The number of sulfonamides is 1. The van der Waals surface area contributed by atoms with Gasteiger partial charge in [-0.15, -0.1) is 0 Å². The van der Waals surface area contributed by atoms with Gasteiger partial charge < -0.3 is 14.7 Å². The predicted octanol–water partition coefficient (Wildman–Crippen LogP) is 3.42. The van der Waals surface area contributed by atoms with E-state index >= 15 is 0 Å². The minimum atomic E-state index is -3.42. The van der Waals surface area contributed by atoms with E-state index in [9.17, 15) is 13.2 Å². The molecular weight excluding hydrogens is 464 g/mol. The van der Waals surface area contributed by atoms with Crippen molar-refractivity contribution >= 4 is 15.9 Å². The van der Waals surface area contributed by atoms with E-state index in [0.29, 0.717) is 37.4 Å². The van der Waals surface area contributed by atoms with Crippen LogP contribution in [-0.4, -0.2) is 72.7 Å². The van der Waals surface area contributed by atoms with Crippen molar-refractivity contribution in [3.63, 3.8) is 0 Å². The summed E-state index contributed by atoms with van der Waals surface area (Å²) >= 11 is 0. The first kappa shape index (κ1) is 25.9. The molecule has 1 amide bonds. The lowest BCUT2D eigenvalue weighted by Gasteiger charge is -2.43. The van der Waals surface area contributed by atoms with E-state index in [4.69, 9.17) is 4.52 Å². The number of carbonyl (C=O) groups is 1. The number of amides is 1. The summed E-state index contributed by atoms with van der Waals surface area (Å²) in [6.07, 6.45) is 4.95. The van der Waals surface area contributed by atoms with Crippen molar-refractivity contribution in [1.29, 1.82) is 0 Å². The van der Waals surface area contributed by atoms with Crippen molar-refractivity contribution in [2.24, 2.45) is 0 Å². The summed E-state index contributed by atoms with van der Waals surface area (Å²) in [6.45, 7) is 5.25. The molecule has 2 heterocycles. The number of benzene rings is 1. The summed E-state index contributed by atoms with van der Waals surface area (Å²) in [5.74, 6) is 1.03. The molecule has 2 aliphatic rings. The molecule has 8 nitrogen and oxygen atoms in total. The molecule has 1 saturated heterocycles. The SMILES string of the molecule is CC[C@H]1C[C@@H](NC(=O)c2cc(C3CC3)on2)C[C@@H](C)N1S(=O)(=O)CCN(C)CCc1ccccc1. The second-order valence-electron chi connectivity index (χ2n) is 10.1. The van der Waals surface area contributed by atoms with Gasteiger partial charge >= 0.3 is 0 Å². The predicted molar refractivity (Wildman–Crippen MR) is 136 cm³/mol. The molecule has 0 radical (unpaired) electrons. The summed E-state index contributed by atoms with van der Waals surface area (Å²) in [5, 5.41) is 7.00. The molecule has 2 fully saturated rings. The molecular formula is C26H38N4O4S. The fourth-order valence-electron chi connectivity index (χ4n) is 5.04. The van der Waals surface area contributed by atoms with Crippen LogP contribution in [0.1, 0.15) is 73.7 Å². The quantitative estimate of drug-likeness (QED) is 0.506. The lowest BCUT2D eigenvalue weighted by molar-refractivity contribution is 0.0877. The Kier molecular flexibility index (Phi) is 8.29. The molecule has 0 unspecified atom stereocenters. The third-order valence-corrected chi connectivity index (χ3v) is 9.20. The van der Waals surface area contributed by atoms with E-state index in [1.54, 1.807) is 10.4 Å². The number of carbonyl (C=O) groups excluding carboxylic acids is 1. The molecule has 192 valence electrons. The molecule has 3 atom stereocenters. The van der Waals surface area contributed by atoms with Gasteiger partial charge in [-0.3, -0.25) is 4.79 Å². The highest BCUT2D eigenvalue weighted by molar-refractivity contribution is 7.89. The van der Waals surface area contributed by atoms with Crippen molar-refractivity contribution in [3.8, 4) is 0 Å². The lowest BCUT2D eigenvalue weighted by Crippen LogP contribution is -2.56. The Morgan fingerprint density at radius 2 is 1.94 bits per heavy atom. The summed E-state index contributed by atoms with van der Waals surface area (Å²) in [4.78, 5) is 14.8. The van der Waals surface area contributed by atoms with Crippen LogP contribution >= 0.6 is 0 Å². The number of likely N-dealkylation sites (N-methyl/N-ethyl adjacent to an activating group) is 1. The van der Waals surface area contributed by atoms with Crippen LogP contribution in [0.15, 0.2) is 40.9 Å². The van der Waals surface area contributed by atoms with E-state index in [1.165, 1.54) is 5.56 Å². The Hall–Kier alpha value is -2.23. The molecule has 1 N–H and O–H groups in total. The Labute approximate surface area is 209 Å². The Balaban J connectivity index is 1.30. The fraction of sp³-hybridized carbons (Fsp3) is 0.615. The number of piperidine rings is 1. The first-order chi connectivity index (χ1) is 16.8. The molecule has 1 aromatic carbocycles. The first-order valence-electron chi connectivity index (χ1n) is 12.8. The monoisotopic (exact) mass is 502 g/mol. The number of rotatable bonds is 11. The van der Waals surface area contributed by atoms with Gasteiger partial charge in [0.25, 0.3) is 5.91 Å². The van der Waals surface area contributed by atoms with Crippen LogP contribution in [0.2, 0.25) is 0 Å². The highest BCUT2D eigenvalue weighted by Crippen LogP contribution is 2.40. The highest BCUT2D eigenvalue weighted by atomic mass is 32.2. The van der Waals surface area contributed by atoms with Crippen LogP contribution in [0.5, 0.6) is 0 Å². The molecule has 35 heavy (non-hydrogen) atoms. The molecule has 1 aliphatic carbocycles. The minimum absolute atomic E-state index is 0.0940. The zero-order valence-electron chi connectivity index (χ0n) is 21.0. The zero-order valence-corrected chi connectivity index (χ0v) is 21.8. The second-order valence-corrected chi connectivity index (χ2v) is 12.1. The van der Waals surface area contributed by atoms with Gasteiger partial charge in [-0.1, -0.05) is 42.4 Å². The van der Waals surface area contributed by atoms with Crippen molar-refractivity contribution < 1.29 is 17.7 Å². The topological polar surface area (TPSA) is 95.7 Å².